The second-order valence-corrected chi connectivity index (χ2v) is 8.31. The zero-order valence-electron chi connectivity index (χ0n) is 19.6. The van der Waals surface area contributed by atoms with E-state index in [1.807, 2.05) is 36.4 Å². The maximum Gasteiger partial charge on any atom is 0.332 e. The van der Waals surface area contributed by atoms with Gasteiger partial charge < -0.3 is 19.5 Å². The molecule has 180 valence electrons. The van der Waals surface area contributed by atoms with Crippen LogP contribution in [-0.2, 0) is 32.0 Å². The van der Waals surface area contributed by atoms with Crippen LogP contribution in [-0.4, -0.2) is 42.6 Å². The first-order valence-corrected chi connectivity index (χ1v) is 11.1. The van der Waals surface area contributed by atoms with Crippen molar-refractivity contribution in [2.75, 3.05) is 12.4 Å². The molecule has 3 aromatic heterocycles. The van der Waals surface area contributed by atoms with Gasteiger partial charge in [0.05, 0.1) is 19.4 Å². The van der Waals surface area contributed by atoms with Gasteiger partial charge in [-0.1, -0.05) is 23.4 Å². The third-order valence-corrected chi connectivity index (χ3v) is 6.06. The Morgan fingerprint density at radius 3 is 2.74 bits per heavy atom. The number of nitrogens with zero attached hydrogens (tertiary/aromatic N) is 6. The molecule has 1 aliphatic heterocycles. The summed E-state index contributed by atoms with van der Waals surface area (Å²) in [6.07, 6.45) is 3.64. The number of aromatic nitrogens is 5. The third kappa shape index (κ3) is 4.05. The Morgan fingerprint density at radius 2 is 1.97 bits per heavy atom. The quantitative estimate of drug-likeness (QED) is 0.432. The van der Waals surface area contributed by atoms with Crippen LogP contribution in [0, 0.1) is 0 Å². The van der Waals surface area contributed by atoms with Crippen LogP contribution in [0.5, 0.6) is 5.75 Å². The number of methoxy groups -OCH3 is 1. The minimum Gasteiger partial charge on any atom is -0.496 e. The summed E-state index contributed by atoms with van der Waals surface area (Å²) in [5.74, 6) is 1.17. The van der Waals surface area contributed by atoms with E-state index in [1.165, 1.54) is 11.6 Å². The topological polar surface area (TPSA) is 118 Å². The van der Waals surface area contributed by atoms with Crippen molar-refractivity contribution < 1.29 is 9.57 Å². The highest BCUT2D eigenvalue weighted by Gasteiger charge is 2.28. The monoisotopic (exact) mass is 475 g/mol. The third-order valence-electron chi connectivity index (χ3n) is 6.06. The van der Waals surface area contributed by atoms with E-state index in [0.717, 1.165) is 21.4 Å². The zero-order valence-corrected chi connectivity index (χ0v) is 19.6. The van der Waals surface area contributed by atoms with Gasteiger partial charge in [0.15, 0.2) is 17.3 Å². The molecule has 0 amide bonds. The molecule has 0 radical (unpaired) electrons. The summed E-state index contributed by atoms with van der Waals surface area (Å²) in [6.45, 7) is 0.751. The molecule has 1 aromatic carbocycles. The summed E-state index contributed by atoms with van der Waals surface area (Å²) in [5, 5.41) is 7.57. The van der Waals surface area contributed by atoms with Crippen molar-refractivity contribution in [2.24, 2.45) is 19.3 Å². The van der Waals surface area contributed by atoms with Crippen molar-refractivity contribution >= 4 is 22.8 Å². The fourth-order valence-electron chi connectivity index (χ4n) is 4.22. The van der Waals surface area contributed by atoms with Gasteiger partial charge >= 0.3 is 5.69 Å². The van der Waals surface area contributed by atoms with Crippen LogP contribution >= 0.6 is 0 Å². The summed E-state index contributed by atoms with van der Waals surface area (Å²) < 4.78 is 9.67. The van der Waals surface area contributed by atoms with E-state index in [0.29, 0.717) is 42.4 Å². The van der Waals surface area contributed by atoms with Gasteiger partial charge in [0, 0.05) is 45.0 Å². The van der Waals surface area contributed by atoms with Crippen LogP contribution in [0.25, 0.3) is 11.2 Å². The minimum absolute atomic E-state index is 0.302. The molecule has 0 saturated carbocycles. The summed E-state index contributed by atoms with van der Waals surface area (Å²) in [6, 6.07) is 11.4. The highest BCUT2D eigenvalue weighted by atomic mass is 16.6. The predicted molar refractivity (Wildman–Crippen MR) is 131 cm³/mol. The zero-order chi connectivity index (χ0) is 24.5. The first-order valence-electron chi connectivity index (χ1n) is 11.1. The molecule has 4 aromatic rings. The van der Waals surface area contributed by atoms with Crippen LogP contribution in [0.4, 0.5) is 5.95 Å². The van der Waals surface area contributed by atoms with Crippen molar-refractivity contribution in [1.82, 2.24) is 23.7 Å². The molecule has 1 N–H and O–H groups in total. The number of aryl methyl sites for hydroxylation is 1. The van der Waals surface area contributed by atoms with Gasteiger partial charge in [-0.05, 0) is 23.8 Å². The number of imidazole rings is 1. The van der Waals surface area contributed by atoms with Gasteiger partial charge in [-0.3, -0.25) is 18.9 Å². The van der Waals surface area contributed by atoms with Gasteiger partial charge in [-0.2, -0.15) is 4.98 Å². The molecule has 0 aliphatic carbocycles. The molecule has 11 nitrogen and oxygen atoms in total. The SMILES string of the molecule is COc1ccccc1C1=NO[C@H](Cn2c(NCc3cccnc3)nc3c2c(=O)n(C)c(=O)n3C)C1. The number of pyridine rings is 1. The molecule has 0 spiro atoms. The summed E-state index contributed by atoms with van der Waals surface area (Å²) >= 11 is 0. The standard InChI is InChI=1S/C24H25N7O4/c1-29-21-20(22(32)30(2)24(29)33)31(23(27-21)26-13-15-7-6-10-25-12-15)14-16-11-18(28-35-16)17-8-4-5-9-19(17)34-3/h4-10,12,16H,11,13-14H2,1-3H3,(H,26,27)/t16-/m0/s1. The molecule has 1 aliphatic rings. The Labute approximate surface area is 200 Å². The van der Waals surface area contributed by atoms with Crippen LogP contribution in [0.15, 0.2) is 63.5 Å². The second-order valence-electron chi connectivity index (χ2n) is 8.31. The Morgan fingerprint density at radius 1 is 1.14 bits per heavy atom. The lowest BCUT2D eigenvalue weighted by Crippen LogP contribution is -2.37. The number of oxime groups is 1. The van der Waals surface area contributed by atoms with Gasteiger partial charge in [-0.25, -0.2) is 4.79 Å². The number of benzene rings is 1. The van der Waals surface area contributed by atoms with E-state index in [1.54, 1.807) is 31.1 Å². The molecule has 11 heteroatoms. The van der Waals surface area contributed by atoms with Crippen molar-refractivity contribution in [3.8, 4) is 5.75 Å². The first kappa shape index (κ1) is 22.4. The fourth-order valence-corrected chi connectivity index (χ4v) is 4.22. The minimum atomic E-state index is -0.440. The lowest BCUT2D eigenvalue weighted by atomic mass is 10.0. The average Bonchev–Trinajstić information content (AvgIpc) is 3.50. The normalized spacial score (nSPS) is 15.2. The Bertz CT molecular complexity index is 1540. The van der Waals surface area contributed by atoms with Crippen LogP contribution < -0.4 is 21.3 Å². The van der Waals surface area contributed by atoms with Gasteiger partial charge in [0.2, 0.25) is 5.95 Å². The van der Waals surface area contributed by atoms with Gasteiger partial charge in [0.25, 0.3) is 5.56 Å². The number of rotatable bonds is 7. The lowest BCUT2D eigenvalue weighted by Gasteiger charge is -2.14. The smallest absolute Gasteiger partial charge is 0.332 e. The fraction of sp³-hybridized carbons (Fsp3) is 0.292. The van der Waals surface area contributed by atoms with Crippen molar-refractivity contribution in [3.05, 3.63) is 80.8 Å². The highest BCUT2D eigenvalue weighted by Crippen LogP contribution is 2.26. The molecule has 4 heterocycles. The number of hydrogen-bond acceptors (Lipinski definition) is 8. The van der Waals surface area contributed by atoms with Crippen molar-refractivity contribution in [1.29, 1.82) is 0 Å². The van der Waals surface area contributed by atoms with E-state index in [4.69, 9.17) is 9.57 Å². The van der Waals surface area contributed by atoms with E-state index in [-0.39, 0.29) is 6.10 Å². The summed E-state index contributed by atoms with van der Waals surface area (Å²) in [4.78, 5) is 40.1. The lowest BCUT2D eigenvalue weighted by molar-refractivity contribution is 0.0736. The number of nitrogens with one attached hydrogen (secondary N) is 1. The predicted octanol–water partition coefficient (Wildman–Crippen LogP) is 1.64. The summed E-state index contributed by atoms with van der Waals surface area (Å²) in [7, 11) is 4.67. The molecule has 5 rings (SSSR count). The number of fused-ring (bicyclic) bond motifs is 1. The Balaban J connectivity index is 1.50. The van der Waals surface area contributed by atoms with E-state index >= 15 is 0 Å². The van der Waals surface area contributed by atoms with Crippen LogP contribution in [0.3, 0.4) is 0 Å². The summed E-state index contributed by atoms with van der Waals surface area (Å²) in [5.41, 5.74) is 2.34. The number of anilines is 1. The average molecular weight is 476 g/mol. The maximum atomic E-state index is 13.1. The van der Waals surface area contributed by atoms with E-state index in [9.17, 15) is 9.59 Å². The largest absolute Gasteiger partial charge is 0.496 e. The number of hydrogen-bond donors (Lipinski definition) is 1. The van der Waals surface area contributed by atoms with Gasteiger partial charge in [0.1, 0.15) is 5.75 Å². The second kappa shape index (κ2) is 9.09. The van der Waals surface area contributed by atoms with Crippen LogP contribution in [0.2, 0.25) is 0 Å². The van der Waals surface area contributed by atoms with E-state index in [2.05, 4.69) is 20.4 Å². The van der Waals surface area contributed by atoms with Crippen molar-refractivity contribution in [3.63, 3.8) is 0 Å². The molecular weight excluding hydrogens is 450 g/mol. The molecule has 1 atom stereocenters. The highest BCUT2D eigenvalue weighted by molar-refractivity contribution is 6.03. The molecule has 35 heavy (non-hydrogen) atoms. The first-order chi connectivity index (χ1) is 17.0. The molecule has 0 fully saturated rings. The molecule has 0 saturated heterocycles. The molecule has 0 unspecified atom stereocenters. The van der Waals surface area contributed by atoms with E-state index < -0.39 is 11.2 Å². The number of ether oxygens (including phenoxy) is 1. The molecule has 0 bridgehead atoms. The van der Waals surface area contributed by atoms with Crippen LogP contribution in [0.1, 0.15) is 17.5 Å². The van der Waals surface area contributed by atoms with Crippen molar-refractivity contribution in [2.45, 2.75) is 25.6 Å². The molecular formula is C24H25N7O4. The maximum absolute atomic E-state index is 13.1. The Kier molecular flexibility index (Phi) is 5.81. The van der Waals surface area contributed by atoms with Gasteiger partial charge in [-0.15, -0.1) is 0 Å². The Hall–Kier alpha value is -4.41. The number of para-hydroxylation sites is 1.